The topological polar surface area (TPSA) is 92.9 Å². The lowest BCUT2D eigenvalue weighted by Crippen LogP contribution is -2.42. The van der Waals surface area contributed by atoms with Gasteiger partial charge >= 0.3 is 0 Å². The molecule has 9 heteroatoms. The first-order chi connectivity index (χ1) is 16.8. The fourth-order valence-electron chi connectivity index (χ4n) is 4.40. The molecular weight excluding hydrogens is 440 g/mol. The van der Waals surface area contributed by atoms with Gasteiger partial charge in [0.2, 0.25) is 5.91 Å². The van der Waals surface area contributed by atoms with Crippen LogP contribution in [0.3, 0.4) is 0 Å². The van der Waals surface area contributed by atoms with Crippen molar-refractivity contribution >= 4 is 28.4 Å². The number of rotatable bonds is 10. The third-order valence-electron chi connectivity index (χ3n) is 6.14. The number of anilines is 2. The number of amides is 1. The van der Waals surface area contributed by atoms with E-state index >= 15 is 0 Å². The van der Waals surface area contributed by atoms with Crippen molar-refractivity contribution in [3.8, 4) is 5.82 Å². The van der Waals surface area contributed by atoms with Crippen molar-refractivity contribution < 1.29 is 4.79 Å². The van der Waals surface area contributed by atoms with E-state index in [2.05, 4.69) is 58.5 Å². The fourth-order valence-corrected chi connectivity index (χ4v) is 4.40. The number of nitrogens with one attached hydrogen (secondary N) is 2. The smallest absolute Gasteiger partial charge is 0.224 e. The van der Waals surface area contributed by atoms with Crippen LogP contribution in [0.1, 0.15) is 33.3 Å². The predicted octanol–water partition coefficient (Wildman–Crippen LogP) is 3.68. The maximum atomic E-state index is 12.8. The molecule has 0 radical (unpaired) electrons. The van der Waals surface area contributed by atoms with Crippen LogP contribution in [0, 0.1) is 0 Å². The Morgan fingerprint density at radius 3 is 2.46 bits per heavy atom. The molecule has 0 aliphatic carbocycles. The molecule has 3 aromatic heterocycles. The summed E-state index contributed by atoms with van der Waals surface area (Å²) in [4.78, 5) is 15.1. The monoisotopic (exact) mass is 474 g/mol. The fraction of sp³-hybridized carbons (Fsp3) is 0.385. The minimum atomic E-state index is 0.0159. The van der Waals surface area contributed by atoms with E-state index in [0.717, 1.165) is 28.8 Å². The molecule has 3 heterocycles. The van der Waals surface area contributed by atoms with Gasteiger partial charge in [0.1, 0.15) is 5.82 Å². The van der Waals surface area contributed by atoms with E-state index in [4.69, 9.17) is 0 Å². The highest BCUT2D eigenvalue weighted by molar-refractivity contribution is 5.90. The Morgan fingerprint density at radius 2 is 1.80 bits per heavy atom. The van der Waals surface area contributed by atoms with E-state index < -0.39 is 0 Å². The lowest BCUT2D eigenvalue weighted by Gasteiger charge is -2.30. The molecule has 2 N–H and O–H groups in total. The van der Waals surface area contributed by atoms with Crippen molar-refractivity contribution in [3.05, 3.63) is 60.4 Å². The van der Waals surface area contributed by atoms with Crippen LogP contribution in [-0.2, 0) is 18.3 Å². The molecule has 0 unspecified atom stereocenters. The molecule has 184 valence electrons. The van der Waals surface area contributed by atoms with E-state index in [0.29, 0.717) is 36.7 Å². The summed E-state index contributed by atoms with van der Waals surface area (Å²) < 4.78 is 3.72. The Bertz CT molecular complexity index is 1260. The van der Waals surface area contributed by atoms with E-state index in [9.17, 15) is 4.79 Å². The molecule has 4 rings (SSSR count). The summed E-state index contributed by atoms with van der Waals surface area (Å²) in [5.41, 5.74) is 1.95. The van der Waals surface area contributed by atoms with Gasteiger partial charge in [-0.1, -0.05) is 18.2 Å². The largest absolute Gasteiger partial charge is 0.355 e. The maximum Gasteiger partial charge on any atom is 0.224 e. The molecular formula is C26H34N8O. The van der Waals surface area contributed by atoms with Gasteiger partial charge in [0.05, 0.1) is 18.1 Å². The van der Waals surface area contributed by atoms with Crippen LogP contribution in [-0.4, -0.2) is 60.5 Å². The van der Waals surface area contributed by atoms with Crippen LogP contribution in [0.25, 0.3) is 16.7 Å². The third kappa shape index (κ3) is 5.68. The summed E-state index contributed by atoms with van der Waals surface area (Å²) in [6.07, 6.45) is 4.01. The molecule has 0 bridgehead atoms. The summed E-state index contributed by atoms with van der Waals surface area (Å²) in [5.74, 6) is 2.16. The number of carbonyl (C=O) groups is 1. The van der Waals surface area contributed by atoms with Gasteiger partial charge < -0.3 is 10.6 Å². The summed E-state index contributed by atoms with van der Waals surface area (Å²) >= 11 is 0. The number of para-hydroxylation sites is 1. The van der Waals surface area contributed by atoms with Gasteiger partial charge in [0.15, 0.2) is 11.6 Å². The van der Waals surface area contributed by atoms with Gasteiger partial charge in [0.25, 0.3) is 0 Å². The average Bonchev–Trinajstić information content (AvgIpc) is 3.40. The second-order valence-corrected chi connectivity index (χ2v) is 9.24. The number of aryl methyl sites for hydroxylation is 1. The third-order valence-corrected chi connectivity index (χ3v) is 6.14. The number of benzene rings is 1. The molecule has 1 amide bonds. The molecule has 0 spiro atoms. The Kier molecular flexibility index (Phi) is 7.45. The molecule has 0 saturated carbocycles. The van der Waals surface area contributed by atoms with Gasteiger partial charge in [-0.25, -0.2) is 0 Å². The van der Waals surface area contributed by atoms with Gasteiger partial charge in [-0.2, -0.15) is 5.10 Å². The van der Waals surface area contributed by atoms with E-state index in [1.54, 1.807) is 10.9 Å². The van der Waals surface area contributed by atoms with Crippen LogP contribution >= 0.6 is 0 Å². The van der Waals surface area contributed by atoms with Gasteiger partial charge in [0, 0.05) is 49.9 Å². The lowest BCUT2D eigenvalue weighted by molar-refractivity contribution is -0.120. The molecule has 9 nitrogen and oxygen atoms in total. The highest BCUT2D eigenvalue weighted by atomic mass is 16.1. The van der Waals surface area contributed by atoms with Crippen molar-refractivity contribution in [1.29, 1.82) is 0 Å². The first-order valence-corrected chi connectivity index (χ1v) is 12.0. The number of nitrogens with zero attached hydrogens (tertiary/aromatic N) is 6. The van der Waals surface area contributed by atoms with E-state index in [-0.39, 0.29) is 5.91 Å². The molecule has 0 fully saturated rings. The second-order valence-electron chi connectivity index (χ2n) is 9.24. The van der Waals surface area contributed by atoms with Gasteiger partial charge in [-0.05, 0) is 51.5 Å². The molecule has 4 aromatic rings. The van der Waals surface area contributed by atoms with Crippen LogP contribution in [0.4, 0.5) is 11.6 Å². The van der Waals surface area contributed by atoms with Crippen molar-refractivity contribution in [1.82, 2.24) is 34.8 Å². The zero-order chi connectivity index (χ0) is 24.9. The predicted molar refractivity (Wildman–Crippen MR) is 139 cm³/mol. The molecule has 0 aliphatic heterocycles. The zero-order valence-corrected chi connectivity index (χ0v) is 21.1. The number of hydrogen-bond acceptors (Lipinski definition) is 6. The average molecular weight is 475 g/mol. The van der Waals surface area contributed by atoms with Gasteiger partial charge in [-0.15, -0.1) is 10.2 Å². The van der Waals surface area contributed by atoms with Crippen molar-refractivity contribution in [2.24, 2.45) is 7.05 Å². The molecule has 35 heavy (non-hydrogen) atoms. The summed E-state index contributed by atoms with van der Waals surface area (Å²) in [5, 5.41) is 20.2. The first-order valence-electron chi connectivity index (χ1n) is 12.0. The van der Waals surface area contributed by atoms with Crippen LogP contribution in [0.5, 0.6) is 0 Å². The number of fused-ring (bicyclic) bond motifs is 1. The minimum absolute atomic E-state index is 0.0159. The zero-order valence-electron chi connectivity index (χ0n) is 21.1. The Morgan fingerprint density at radius 1 is 1.03 bits per heavy atom. The first kappa shape index (κ1) is 24.4. The standard InChI is InChI=1S/C26H34N8O/c1-18(2)33(19(3)4)15-14-27-26(35)16-20-17-34(22-9-7-6-8-21(20)22)25-11-10-23(30-31-25)29-24-12-13-28-32(24)5/h6-13,17-19H,14-16H2,1-5H3,(H,27,35)(H,29,30). The normalized spacial score (nSPS) is 11.7. The Hall–Kier alpha value is -3.72. The maximum absolute atomic E-state index is 12.8. The van der Waals surface area contributed by atoms with Crippen molar-refractivity contribution in [2.45, 2.75) is 46.2 Å². The highest BCUT2D eigenvalue weighted by Gasteiger charge is 2.16. The molecule has 0 aliphatic rings. The minimum Gasteiger partial charge on any atom is -0.355 e. The van der Waals surface area contributed by atoms with Crippen molar-refractivity contribution in [3.63, 3.8) is 0 Å². The van der Waals surface area contributed by atoms with Gasteiger partial charge in [-0.3, -0.25) is 18.9 Å². The summed E-state index contributed by atoms with van der Waals surface area (Å²) in [6.45, 7) is 10.2. The molecule has 1 aromatic carbocycles. The number of carbonyl (C=O) groups excluding carboxylic acids is 1. The number of aromatic nitrogens is 5. The summed E-state index contributed by atoms with van der Waals surface area (Å²) in [6, 6.07) is 14.6. The van der Waals surface area contributed by atoms with E-state index in [1.165, 1.54) is 0 Å². The molecule has 0 saturated heterocycles. The Balaban J connectivity index is 1.47. The quantitative estimate of drug-likeness (QED) is 0.364. The molecule has 0 atom stereocenters. The van der Waals surface area contributed by atoms with E-state index in [1.807, 2.05) is 60.3 Å². The van der Waals surface area contributed by atoms with Crippen LogP contribution in [0.2, 0.25) is 0 Å². The van der Waals surface area contributed by atoms with Crippen molar-refractivity contribution in [2.75, 3.05) is 18.4 Å². The Labute approximate surface area is 206 Å². The highest BCUT2D eigenvalue weighted by Crippen LogP contribution is 2.25. The number of hydrogen-bond donors (Lipinski definition) is 2. The summed E-state index contributed by atoms with van der Waals surface area (Å²) in [7, 11) is 1.86. The van der Waals surface area contributed by atoms with Crippen LogP contribution < -0.4 is 10.6 Å². The second kappa shape index (κ2) is 10.7. The SMILES string of the molecule is CC(C)N(CCNC(=O)Cc1cn(-c2ccc(Nc3ccnn3C)nn2)c2ccccc12)C(C)C. The lowest BCUT2D eigenvalue weighted by atomic mass is 10.1. The van der Waals surface area contributed by atoms with Crippen LogP contribution in [0.15, 0.2) is 54.9 Å².